The second kappa shape index (κ2) is 10.1. The summed E-state index contributed by atoms with van der Waals surface area (Å²) in [5.41, 5.74) is 1.41. The van der Waals surface area contributed by atoms with Crippen molar-refractivity contribution in [3.8, 4) is 5.75 Å². The number of carbonyl (C=O) groups is 1. The molecule has 29 heavy (non-hydrogen) atoms. The van der Waals surface area contributed by atoms with Crippen molar-refractivity contribution in [1.82, 2.24) is 4.31 Å². The van der Waals surface area contributed by atoms with E-state index in [1.54, 1.807) is 13.8 Å². The maximum Gasteiger partial charge on any atom is 0.262 e. The van der Waals surface area contributed by atoms with Crippen LogP contribution in [0.3, 0.4) is 0 Å². The summed E-state index contributed by atoms with van der Waals surface area (Å²) < 4.78 is 32.2. The fraction of sp³-hybridized carbons (Fsp3) is 0.381. The van der Waals surface area contributed by atoms with E-state index in [0.29, 0.717) is 24.8 Å². The van der Waals surface area contributed by atoms with Crippen molar-refractivity contribution >= 4 is 33.2 Å². The number of nitrogens with one attached hydrogen (secondary N) is 1. The molecule has 0 radical (unpaired) electrons. The number of rotatable bonds is 9. The summed E-state index contributed by atoms with van der Waals surface area (Å²) >= 11 is 6.14. The molecule has 0 aliphatic heterocycles. The highest BCUT2D eigenvalue weighted by Crippen LogP contribution is 2.27. The molecule has 0 atom stereocenters. The van der Waals surface area contributed by atoms with E-state index in [1.165, 1.54) is 28.1 Å². The highest BCUT2D eigenvalue weighted by atomic mass is 35.5. The minimum Gasteiger partial charge on any atom is -0.484 e. The molecule has 1 amide bonds. The van der Waals surface area contributed by atoms with Crippen LogP contribution in [0.4, 0.5) is 5.69 Å². The van der Waals surface area contributed by atoms with Crippen molar-refractivity contribution in [2.24, 2.45) is 0 Å². The summed E-state index contributed by atoms with van der Waals surface area (Å²) in [5.74, 6) is 0.556. The van der Waals surface area contributed by atoms with Gasteiger partial charge >= 0.3 is 0 Å². The summed E-state index contributed by atoms with van der Waals surface area (Å²) in [5, 5.41) is 2.87. The first-order chi connectivity index (χ1) is 13.7. The van der Waals surface area contributed by atoms with E-state index in [-0.39, 0.29) is 22.2 Å². The average Bonchev–Trinajstić information content (AvgIpc) is 2.69. The van der Waals surface area contributed by atoms with E-state index in [4.69, 9.17) is 16.3 Å². The molecule has 0 saturated heterocycles. The minimum atomic E-state index is -3.65. The van der Waals surface area contributed by atoms with Gasteiger partial charge in [-0.1, -0.05) is 51.4 Å². The summed E-state index contributed by atoms with van der Waals surface area (Å²) in [7, 11) is -3.65. The number of anilines is 1. The smallest absolute Gasteiger partial charge is 0.262 e. The highest BCUT2D eigenvalue weighted by Gasteiger charge is 2.22. The van der Waals surface area contributed by atoms with Gasteiger partial charge in [-0.05, 0) is 41.8 Å². The number of hydrogen-bond donors (Lipinski definition) is 1. The minimum absolute atomic E-state index is 0.0751. The van der Waals surface area contributed by atoms with Gasteiger partial charge in [0.15, 0.2) is 6.61 Å². The van der Waals surface area contributed by atoms with Crippen LogP contribution in [0, 0.1) is 0 Å². The number of ether oxygens (including phenoxy) is 1. The Bertz CT molecular complexity index is 940. The second-order valence-corrected chi connectivity index (χ2v) is 9.14. The van der Waals surface area contributed by atoms with Crippen molar-refractivity contribution in [1.29, 1.82) is 0 Å². The van der Waals surface area contributed by atoms with E-state index in [9.17, 15) is 13.2 Å². The lowest BCUT2D eigenvalue weighted by atomic mass is 10.0. The van der Waals surface area contributed by atoms with E-state index in [0.717, 1.165) is 0 Å². The lowest BCUT2D eigenvalue weighted by Crippen LogP contribution is -2.30. The molecule has 2 aromatic rings. The van der Waals surface area contributed by atoms with Crippen LogP contribution >= 0.6 is 11.6 Å². The van der Waals surface area contributed by atoms with Gasteiger partial charge in [-0.15, -0.1) is 0 Å². The molecule has 0 spiro atoms. The number of hydrogen-bond acceptors (Lipinski definition) is 4. The van der Waals surface area contributed by atoms with Crippen LogP contribution in [0.2, 0.25) is 5.02 Å². The molecule has 0 aromatic heterocycles. The van der Waals surface area contributed by atoms with Gasteiger partial charge in [0.2, 0.25) is 10.0 Å². The molecule has 8 heteroatoms. The van der Waals surface area contributed by atoms with Gasteiger partial charge in [0.1, 0.15) is 5.75 Å². The predicted molar refractivity (Wildman–Crippen MR) is 116 cm³/mol. The standard InChI is InChI=1S/C21H27ClN2O4S/c1-5-24(6-2)29(26,27)18-11-12-19(22)20(13-18)23-21(25)14-28-17-9-7-16(8-10-17)15(3)4/h7-13,15H,5-6,14H2,1-4H3,(H,23,25). The van der Waals surface area contributed by atoms with Crippen LogP contribution < -0.4 is 10.1 Å². The molecule has 0 heterocycles. The normalized spacial score (nSPS) is 11.7. The zero-order valence-corrected chi connectivity index (χ0v) is 18.7. The fourth-order valence-electron chi connectivity index (χ4n) is 2.76. The van der Waals surface area contributed by atoms with Crippen LogP contribution in [0.25, 0.3) is 0 Å². The van der Waals surface area contributed by atoms with Gasteiger partial charge in [-0.2, -0.15) is 4.31 Å². The highest BCUT2D eigenvalue weighted by molar-refractivity contribution is 7.89. The van der Waals surface area contributed by atoms with Gasteiger partial charge in [0.25, 0.3) is 5.91 Å². The quantitative estimate of drug-likeness (QED) is 0.624. The maximum atomic E-state index is 12.7. The van der Waals surface area contributed by atoms with Crippen molar-refractivity contribution in [3.05, 3.63) is 53.1 Å². The van der Waals surface area contributed by atoms with Gasteiger partial charge in [-0.3, -0.25) is 4.79 Å². The third-order valence-corrected chi connectivity index (χ3v) is 6.85. The van der Waals surface area contributed by atoms with Gasteiger partial charge < -0.3 is 10.1 Å². The van der Waals surface area contributed by atoms with E-state index >= 15 is 0 Å². The lowest BCUT2D eigenvalue weighted by molar-refractivity contribution is -0.118. The third-order valence-electron chi connectivity index (χ3n) is 4.47. The fourth-order valence-corrected chi connectivity index (χ4v) is 4.41. The molecular formula is C21H27ClN2O4S. The second-order valence-electron chi connectivity index (χ2n) is 6.79. The Morgan fingerprint density at radius 1 is 1.10 bits per heavy atom. The SMILES string of the molecule is CCN(CC)S(=O)(=O)c1ccc(Cl)c(NC(=O)COc2ccc(C(C)C)cc2)c1. The van der Waals surface area contributed by atoms with Crippen molar-refractivity contribution in [2.75, 3.05) is 25.0 Å². The number of nitrogens with zero attached hydrogens (tertiary/aromatic N) is 1. The molecule has 2 aromatic carbocycles. The summed E-state index contributed by atoms with van der Waals surface area (Å²) in [6.07, 6.45) is 0. The largest absolute Gasteiger partial charge is 0.484 e. The zero-order valence-electron chi connectivity index (χ0n) is 17.1. The first kappa shape index (κ1) is 23.2. The third kappa shape index (κ3) is 5.95. The molecule has 0 unspecified atom stereocenters. The lowest BCUT2D eigenvalue weighted by Gasteiger charge is -2.19. The van der Waals surface area contributed by atoms with Crippen LogP contribution in [0.1, 0.15) is 39.2 Å². The molecular weight excluding hydrogens is 412 g/mol. The van der Waals surface area contributed by atoms with Crippen molar-refractivity contribution in [2.45, 2.75) is 38.5 Å². The zero-order chi connectivity index (χ0) is 21.6. The molecule has 158 valence electrons. The van der Waals surface area contributed by atoms with Crippen molar-refractivity contribution < 1.29 is 17.9 Å². The molecule has 1 N–H and O–H groups in total. The number of halogens is 1. The molecule has 0 fully saturated rings. The monoisotopic (exact) mass is 438 g/mol. The first-order valence-electron chi connectivity index (χ1n) is 9.51. The Morgan fingerprint density at radius 2 is 1.72 bits per heavy atom. The van der Waals surface area contributed by atoms with Crippen LogP contribution in [-0.2, 0) is 14.8 Å². The number of benzene rings is 2. The van der Waals surface area contributed by atoms with E-state index in [2.05, 4.69) is 19.2 Å². The number of amides is 1. The molecule has 0 aliphatic rings. The van der Waals surface area contributed by atoms with Crippen LogP contribution in [-0.4, -0.2) is 38.3 Å². The average molecular weight is 439 g/mol. The first-order valence-corrected chi connectivity index (χ1v) is 11.3. The Hall–Kier alpha value is -2.09. The summed E-state index contributed by atoms with van der Waals surface area (Å²) in [6, 6.07) is 11.8. The molecule has 0 bridgehead atoms. The Balaban J connectivity index is 2.08. The van der Waals surface area contributed by atoms with Gasteiger partial charge in [-0.25, -0.2) is 8.42 Å². The van der Waals surface area contributed by atoms with Crippen LogP contribution in [0.15, 0.2) is 47.4 Å². The topological polar surface area (TPSA) is 75.7 Å². The summed E-state index contributed by atoms with van der Waals surface area (Å²) in [6.45, 7) is 8.22. The number of carbonyl (C=O) groups excluding carboxylic acids is 1. The van der Waals surface area contributed by atoms with E-state index < -0.39 is 15.9 Å². The van der Waals surface area contributed by atoms with Crippen molar-refractivity contribution in [3.63, 3.8) is 0 Å². The molecule has 6 nitrogen and oxygen atoms in total. The van der Waals surface area contributed by atoms with Gasteiger partial charge in [0.05, 0.1) is 15.6 Å². The summed E-state index contributed by atoms with van der Waals surface area (Å²) in [4.78, 5) is 12.3. The molecule has 0 saturated carbocycles. The predicted octanol–water partition coefficient (Wildman–Crippen LogP) is 4.51. The Morgan fingerprint density at radius 3 is 2.28 bits per heavy atom. The van der Waals surface area contributed by atoms with Gasteiger partial charge in [0, 0.05) is 13.1 Å². The molecule has 2 rings (SSSR count). The Kier molecular flexibility index (Phi) is 8.07. The number of sulfonamides is 1. The van der Waals surface area contributed by atoms with Crippen LogP contribution in [0.5, 0.6) is 5.75 Å². The Labute approximate surface area is 177 Å². The molecule has 0 aliphatic carbocycles. The van der Waals surface area contributed by atoms with E-state index in [1.807, 2.05) is 24.3 Å². The maximum absolute atomic E-state index is 12.7.